The highest BCUT2D eigenvalue weighted by molar-refractivity contribution is 4.88. The topological polar surface area (TPSA) is 36.3 Å². The van der Waals surface area contributed by atoms with Crippen molar-refractivity contribution >= 4 is 0 Å². The SMILES string of the molecule is CC.CN1CCOC(C#N)C1. The third-order valence-electron chi connectivity index (χ3n) is 1.41. The summed E-state index contributed by atoms with van der Waals surface area (Å²) >= 11 is 0. The van der Waals surface area contributed by atoms with Gasteiger partial charge in [0.2, 0.25) is 0 Å². The molecule has 1 fully saturated rings. The van der Waals surface area contributed by atoms with E-state index in [-0.39, 0.29) is 6.10 Å². The Morgan fingerprint density at radius 1 is 1.55 bits per heavy atom. The van der Waals surface area contributed by atoms with Crippen LogP contribution < -0.4 is 0 Å². The van der Waals surface area contributed by atoms with Gasteiger partial charge in [-0.3, -0.25) is 0 Å². The number of hydrogen-bond donors (Lipinski definition) is 0. The van der Waals surface area contributed by atoms with Gasteiger partial charge in [0.05, 0.1) is 12.7 Å². The van der Waals surface area contributed by atoms with Gasteiger partial charge < -0.3 is 9.64 Å². The smallest absolute Gasteiger partial charge is 0.156 e. The lowest BCUT2D eigenvalue weighted by Crippen LogP contribution is -2.39. The van der Waals surface area contributed by atoms with Crippen LogP contribution in [0.3, 0.4) is 0 Å². The first-order chi connectivity index (χ1) is 5.33. The summed E-state index contributed by atoms with van der Waals surface area (Å²) in [5, 5.41) is 8.41. The van der Waals surface area contributed by atoms with Crippen molar-refractivity contribution in [2.45, 2.75) is 20.0 Å². The van der Waals surface area contributed by atoms with Crippen molar-refractivity contribution in [1.82, 2.24) is 4.90 Å². The lowest BCUT2D eigenvalue weighted by Gasteiger charge is -2.25. The molecule has 3 nitrogen and oxygen atoms in total. The van der Waals surface area contributed by atoms with E-state index in [0.717, 1.165) is 13.1 Å². The first-order valence-electron chi connectivity index (χ1n) is 4.02. The van der Waals surface area contributed by atoms with Crippen LogP contribution >= 0.6 is 0 Å². The third-order valence-corrected chi connectivity index (χ3v) is 1.41. The van der Waals surface area contributed by atoms with Gasteiger partial charge in [-0.25, -0.2) is 0 Å². The van der Waals surface area contributed by atoms with E-state index in [1.54, 1.807) is 0 Å². The second-order valence-corrected chi connectivity index (χ2v) is 2.25. The molecule has 11 heavy (non-hydrogen) atoms. The molecule has 0 aromatic carbocycles. The fourth-order valence-corrected chi connectivity index (χ4v) is 0.856. The van der Waals surface area contributed by atoms with E-state index in [2.05, 4.69) is 11.0 Å². The minimum Gasteiger partial charge on any atom is -0.361 e. The first kappa shape index (κ1) is 10.4. The Balaban J connectivity index is 0.000000461. The van der Waals surface area contributed by atoms with E-state index < -0.39 is 0 Å². The second-order valence-electron chi connectivity index (χ2n) is 2.25. The van der Waals surface area contributed by atoms with Crippen LogP contribution in [0.2, 0.25) is 0 Å². The molecule has 0 aliphatic carbocycles. The Kier molecular flexibility index (Phi) is 5.81. The predicted molar refractivity (Wildman–Crippen MR) is 44.2 cm³/mol. The molecule has 0 N–H and O–H groups in total. The van der Waals surface area contributed by atoms with E-state index in [4.69, 9.17) is 10.00 Å². The van der Waals surface area contributed by atoms with Gasteiger partial charge in [-0.2, -0.15) is 5.26 Å². The number of nitrogens with zero attached hydrogens (tertiary/aromatic N) is 2. The van der Waals surface area contributed by atoms with Crippen molar-refractivity contribution in [3.63, 3.8) is 0 Å². The van der Waals surface area contributed by atoms with Crippen LogP contribution in [0, 0.1) is 11.3 Å². The minimum absolute atomic E-state index is 0.205. The van der Waals surface area contributed by atoms with Crippen LogP contribution in [0.15, 0.2) is 0 Å². The molecule has 1 aliphatic heterocycles. The molecule has 0 spiro atoms. The standard InChI is InChI=1S/C6H10N2O.C2H6/c1-8-2-3-9-6(4-7)5-8;1-2/h6H,2-3,5H2,1H3;1-2H3. The van der Waals surface area contributed by atoms with Crippen molar-refractivity contribution in [3.8, 4) is 6.07 Å². The summed E-state index contributed by atoms with van der Waals surface area (Å²) in [6, 6.07) is 2.07. The summed E-state index contributed by atoms with van der Waals surface area (Å²) in [7, 11) is 1.99. The monoisotopic (exact) mass is 156 g/mol. The molecule has 1 atom stereocenters. The lowest BCUT2D eigenvalue weighted by molar-refractivity contribution is 0.0110. The van der Waals surface area contributed by atoms with Crippen LogP contribution in [0.4, 0.5) is 0 Å². The number of likely N-dealkylation sites (N-methyl/N-ethyl adjacent to an activating group) is 1. The Morgan fingerprint density at radius 3 is 2.55 bits per heavy atom. The molecule has 1 aliphatic rings. The van der Waals surface area contributed by atoms with Gasteiger partial charge >= 0.3 is 0 Å². The normalized spacial score (nSPS) is 24.7. The Bertz CT molecular complexity index is 131. The summed E-state index contributed by atoms with van der Waals surface area (Å²) in [4.78, 5) is 2.09. The second kappa shape index (κ2) is 6.14. The molecule has 64 valence electrons. The van der Waals surface area contributed by atoms with Crippen LogP contribution in [0.25, 0.3) is 0 Å². The van der Waals surface area contributed by atoms with Crippen molar-refractivity contribution in [2.24, 2.45) is 0 Å². The zero-order chi connectivity index (χ0) is 8.69. The van der Waals surface area contributed by atoms with Crippen LogP contribution in [0.5, 0.6) is 0 Å². The van der Waals surface area contributed by atoms with E-state index in [1.807, 2.05) is 20.9 Å². The molecular formula is C8H16N2O. The molecule has 0 radical (unpaired) electrons. The highest BCUT2D eigenvalue weighted by atomic mass is 16.5. The fourth-order valence-electron chi connectivity index (χ4n) is 0.856. The Morgan fingerprint density at radius 2 is 2.18 bits per heavy atom. The highest BCUT2D eigenvalue weighted by Gasteiger charge is 2.15. The number of hydrogen-bond acceptors (Lipinski definition) is 3. The molecule has 1 heterocycles. The fraction of sp³-hybridized carbons (Fsp3) is 0.875. The molecular weight excluding hydrogens is 140 g/mol. The maximum absolute atomic E-state index is 8.41. The van der Waals surface area contributed by atoms with E-state index in [1.165, 1.54) is 0 Å². The van der Waals surface area contributed by atoms with Gasteiger partial charge in [-0.05, 0) is 7.05 Å². The summed E-state index contributed by atoms with van der Waals surface area (Å²) < 4.78 is 5.09. The van der Waals surface area contributed by atoms with Crippen molar-refractivity contribution in [2.75, 3.05) is 26.7 Å². The molecule has 0 saturated carbocycles. The van der Waals surface area contributed by atoms with Gasteiger partial charge in [0.1, 0.15) is 0 Å². The number of ether oxygens (including phenoxy) is 1. The molecule has 3 heteroatoms. The maximum Gasteiger partial charge on any atom is 0.156 e. The summed E-state index contributed by atoms with van der Waals surface area (Å²) in [5.74, 6) is 0. The van der Waals surface area contributed by atoms with Crippen LogP contribution in [0.1, 0.15) is 13.8 Å². The molecule has 1 saturated heterocycles. The van der Waals surface area contributed by atoms with Gasteiger partial charge in [0.15, 0.2) is 6.10 Å². The van der Waals surface area contributed by atoms with Crippen molar-refractivity contribution in [1.29, 1.82) is 5.26 Å². The molecule has 0 aromatic rings. The average Bonchev–Trinajstić information content (AvgIpc) is 2.08. The third kappa shape index (κ3) is 3.97. The average molecular weight is 156 g/mol. The van der Waals surface area contributed by atoms with Crippen molar-refractivity contribution in [3.05, 3.63) is 0 Å². The lowest BCUT2D eigenvalue weighted by atomic mass is 10.3. The Hall–Kier alpha value is -0.590. The Labute approximate surface area is 68.6 Å². The van der Waals surface area contributed by atoms with Gasteiger partial charge in [-0.15, -0.1) is 0 Å². The van der Waals surface area contributed by atoms with Gasteiger partial charge in [-0.1, -0.05) is 13.8 Å². The number of morpholine rings is 1. The molecule has 0 aromatic heterocycles. The molecule has 0 amide bonds. The largest absolute Gasteiger partial charge is 0.361 e. The number of rotatable bonds is 0. The van der Waals surface area contributed by atoms with Gasteiger partial charge in [0, 0.05) is 13.1 Å². The van der Waals surface area contributed by atoms with Crippen molar-refractivity contribution < 1.29 is 4.74 Å². The zero-order valence-electron chi connectivity index (χ0n) is 7.50. The maximum atomic E-state index is 8.41. The molecule has 1 unspecified atom stereocenters. The highest BCUT2D eigenvalue weighted by Crippen LogP contribution is 2.00. The zero-order valence-corrected chi connectivity index (χ0v) is 7.50. The summed E-state index contributed by atoms with van der Waals surface area (Å²) in [6.45, 7) is 6.38. The molecule has 1 rings (SSSR count). The summed E-state index contributed by atoms with van der Waals surface area (Å²) in [5.41, 5.74) is 0. The van der Waals surface area contributed by atoms with Gasteiger partial charge in [0.25, 0.3) is 0 Å². The van der Waals surface area contributed by atoms with E-state index in [9.17, 15) is 0 Å². The van der Waals surface area contributed by atoms with Crippen LogP contribution in [-0.2, 0) is 4.74 Å². The minimum atomic E-state index is -0.205. The summed E-state index contributed by atoms with van der Waals surface area (Å²) in [6.07, 6.45) is -0.205. The van der Waals surface area contributed by atoms with E-state index >= 15 is 0 Å². The van der Waals surface area contributed by atoms with Crippen LogP contribution in [-0.4, -0.2) is 37.7 Å². The van der Waals surface area contributed by atoms with E-state index in [0.29, 0.717) is 6.61 Å². The predicted octanol–water partition coefficient (Wildman–Crippen LogP) is 0.867. The molecule has 0 bridgehead atoms. The quantitative estimate of drug-likeness (QED) is 0.522. The first-order valence-corrected chi connectivity index (χ1v) is 4.02. The number of nitriles is 1.